The van der Waals surface area contributed by atoms with Crippen LogP contribution in [-0.2, 0) is 14.3 Å². The largest absolute Gasteiger partial charge is 0.493 e. The molecule has 0 unspecified atom stereocenters. The molecule has 1 N–H and O–H groups in total. The number of carboxylic acid groups (broad SMARTS) is 1. The van der Waals surface area contributed by atoms with E-state index in [0.717, 1.165) is 10.5 Å². The molecule has 0 bridgehead atoms. The van der Waals surface area contributed by atoms with Gasteiger partial charge in [-0.05, 0) is 29.8 Å². The summed E-state index contributed by atoms with van der Waals surface area (Å²) in [7, 11) is 1.32. The summed E-state index contributed by atoms with van der Waals surface area (Å²) in [6.45, 7) is 0.205. The lowest BCUT2D eigenvalue weighted by Crippen LogP contribution is -2.07. The lowest BCUT2D eigenvalue weighted by atomic mass is 10.2. The number of aliphatic carboxylic acids is 1. The molecule has 0 amide bonds. The van der Waals surface area contributed by atoms with E-state index in [9.17, 15) is 9.59 Å². The van der Waals surface area contributed by atoms with E-state index in [1.807, 2.05) is 0 Å². The van der Waals surface area contributed by atoms with Gasteiger partial charge in [-0.2, -0.15) is 0 Å². The normalized spacial score (nSPS) is 10.4. The van der Waals surface area contributed by atoms with Crippen LogP contribution in [0.5, 0.6) is 5.75 Å². The van der Waals surface area contributed by atoms with Crippen LogP contribution in [0.25, 0.3) is 6.08 Å². The van der Waals surface area contributed by atoms with Gasteiger partial charge < -0.3 is 14.6 Å². The quantitative estimate of drug-likeness (QED) is 0.641. The Morgan fingerprint density at radius 2 is 2.16 bits per heavy atom. The Balaban J connectivity index is 2.68. The summed E-state index contributed by atoms with van der Waals surface area (Å²) < 4.78 is 10.6. The van der Waals surface area contributed by atoms with Crippen molar-refractivity contribution in [2.75, 3.05) is 13.7 Å². The molecular formula is C13H13BrO5. The standard InChI is InChI=1S/C13H13BrO5/c1-18-13(17)6-7-19-10-3-4-11(14)9(8-10)2-5-12(15)16/h2-5,8H,6-7H2,1H3,(H,15,16)/b5-2+. The summed E-state index contributed by atoms with van der Waals surface area (Å²) in [5.41, 5.74) is 0.679. The van der Waals surface area contributed by atoms with Gasteiger partial charge in [0, 0.05) is 10.5 Å². The van der Waals surface area contributed by atoms with Gasteiger partial charge in [0.05, 0.1) is 20.1 Å². The van der Waals surface area contributed by atoms with Crippen LogP contribution >= 0.6 is 15.9 Å². The number of hydrogen-bond donors (Lipinski definition) is 1. The summed E-state index contributed by atoms with van der Waals surface area (Å²) in [4.78, 5) is 21.4. The first-order valence-electron chi connectivity index (χ1n) is 5.43. The highest BCUT2D eigenvalue weighted by Gasteiger charge is 2.03. The minimum atomic E-state index is -1.02. The monoisotopic (exact) mass is 328 g/mol. The average molecular weight is 329 g/mol. The molecule has 5 nitrogen and oxygen atoms in total. The van der Waals surface area contributed by atoms with Crippen LogP contribution in [0.3, 0.4) is 0 Å². The van der Waals surface area contributed by atoms with Crippen LogP contribution in [-0.4, -0.2) is 30.8 Å². The zero-order valence-electron chi connectivity index (χ0n) is 10.3. The predicted octanol–water partition coefficient (Wildman–Crippen LogP) is 2.49. The minimum absolute atomic E-state index is 0.160. The lowest BCUT2D eigenvalue weighted by Gasteiger charge is -2.07. The minimum Gasteiger partial charge on any atom is -0.493 e. The smallest absolute Gasteiger partial charge is 0.328 e. The van der Waals surface area contributed by atoms with Crippen molar-refractivity contribution in [1.29, 1.82) is 0 Å². The molecule has 0 aliphatic carbocycles. The summed E-state index contributed by atoms with van der Waals surface area (Å²) in [6, 6.07) is 5.15. The SMILES string of the molecule is COC(=O)CCOc1ccc(Br)c(/C=C/C(=O)O)c1. The fourth-order valence-corrected chi connectivity index (χ4v) is 1.63. The molecule has 0 fully saturated rings. The van der Waals surface area contributed by atoms with Gasteiger partial charge in [-0.3, -0.25) is 4.79 Å². The first-order chi connectivity index (χ1) is 9.02. The van der Waals surface area contributed by atoms with Crippen LogP contribution in [0.2, 0.25) is 0 Å². The molecule has 0 heterocycles. The Morgan fingerprint density at radius 1 is 1.42 bits per heavy atom. The number of esters is 1. The average Bonchev–Trinajstić information content (AvgIpc) is 2.38. The summed E-state index contributed by atoms with van der Waals surface area (Å²) >= 11 is 3.31. The van der Waals surface area contributed by atoms with Crippen molar-refractivity contribution >= 4 is 33.9 Å². The number of halogens is 1. The zero-order chi connectivity index (χ0) is 14.3. The van der Waals surface area contributed by atoms with Crippen molar-refractivity contribution in [3.63, 3.8) is 0 Å². The molecule has 1 aromatic carbocycles. The second kappa shape index (κ2) is 7.58. The Labute approximate surface area is 119 Å². The van der Waals surface area contributed by atoms with Crippen molar-refractivity contribution in [1.82, 2.24) is 0 Å². The van der Waals surface area contributed by atoms with E-state index in [2.05, 4.69) is 20.7 Å². The van der Waals surface area contributed by atoms with Crippen molar-refractivity contribution in [3.05, 3.63) is 34.3 Å². The highest BCUT2D eigenvalue weighted by molar-refractivity contribution is 9.10. The van der Waals surface area contributed by atoms with Gasteiger partial charge in [-0.15, -0.1) is 0 Å². The van der Waals surface area contributed by atoms with Crippen LogP contribution in [0.15, 0.2) is 28.7 Å². The molecule has 0 saturated heterocycles. The van der Waals surface area contributed by atoms with E-state index >= 15 is 0 Å². The Kier molecular flexibility index (Phi) is 6.08. The molecule has 6 heteroatoms. The maximum atomic E-state index is 10.9. The Morgan fingerprint density at radius 3 is 2.79 bits per heavy atom. The highest BCUT2D eigenvalue weighted by atomic mass is 79.9. The van der Waals surface area contributed by atoms with E-state index in [0.29, 0.717) is 11.3 Å². The highest BCUT2D eigenvalue weighted by Crippen LogP contribution is 2.24. The predicted molar refractivity (Wildman–Crippen MR) is 72.9 cm³/mol. The lowest BCUT2D eigenvalue weighted by molar-refractivity contribution is -0.141. The second-order valence-corrected chi connectivity index (χ2v) is 4.38. The van der Waals surface area contributed by atoms with E-state index in [-0.39, 0.29) is 19.0 Å². The van der Waals surface area contributed by atoms with Crippen molar-refractivity contribution in [2.45, 2.75) is 6.42 Å². The molecule has 0 atom stereocenters. The maximum Gasteiger partial charge on any atom is 0.328 e. The number of rotatable bonds is 6. The first-order valence-corrected chi connectivity index (χ1v) is 6.22. The topological polar surface area (TPSA) is 72.8 Å². The van der Waals surface area contributed by atoms with Gasteiger partial charge in [0.15, 0.2) is 0 Å². The number of carboxylic acids is 1. The summed E-state index contributed by atoms with van der Waals surface area (Å²) in [5, 5.41) is 8.58. The molecular weight excluding hydrogens is 316 g/mol. The van der Waals surface area contributed by atoms with Gasteiger partial charge in [0.1, 0.15) is 5.75 Å². The van der Waals surface area contributed by atoms with E-state index in [1.54, 1.807) is 18.2 Å². The van der Waals surface area contributed by atoms with Crippen molar-refractivity contribution in [3.8, 4) is 5.75 Å². The molecule has 0 radical (unpaired) electrons. The number of hydrogen-bond acceptors (Lipinski definition) is 4. The number of ether oxygens (including phenoxy) is 2. The van der Waals surface area contributed by atoms with Crippen LogP contribution < -0.4 is 4.74 Å². The molecule has 102 valence electrons. The Bertz CT molecular complexity index is 496. The molecule has 0 aliphatic heterocycles. The number of carbonyl (C=O) groups excluding carboxylic acids is 1. The first kappa shape index (κ1) is 15.2. The fourth-order valence-electron chi connectivity index (χ4n) is 1.25. The van der Waals surface area contributed by atoms with Crippen LogP contribution in [0.4, 0.5) is 0 Å². The number of carbonyl (C=O) groups is 2. The molecule has 1 rings (SSSR count). The zero-order valence-corrected chi connectivity index (χ0v) is 11.8. The van der Waals surface area contributed by atoms with Gasteiger partial charge in [-0.1, -0.05) is 15.9 Å². The third-order valence-electron chi connectivity index (χ3n) is 2.18. The molecule has 1 aromatic rings. The maximum absolute atomic E-state index is 10.9. The number of methoxy groups -OCH3 is 1. The third kappa shape index (κ3) is 5.56. The van der Waals surface area contributed by atoms with Crippen molar-refractivity contribution < 1.29 is 24.2 Å². The summed E-state index contributed by atoms with van der Waals surface area (Å²) in [5.74, 6) is -0.816. The molecule has 0 aliphatic rings. The van der Waals surface area contributed by atoms with Crippen molar-refractivity contribution in [2.24, 2.45) is 0 Å². The van der Waals surface area contributed by atoms with Crippen LogP contribution in [0.1, 0.15) is 12.0 Å². The van der Waals surface area contributed by atoms with Gasteiger partial charge in [-0.25, -0.2) is 4.79 Å². The van der Waals surface area contributed by atoms with E-state index < -0.39 is 5.97 Å². The number of benzene rings is 1. The molecule has 0 saturated carbocycles. The molecule has 19 heavy (non-hydrogen) atoms. The molecule has 0 aromatic heterocycles. The van der Waals surface area contributed by atoms with Gasteiger partial charge in [0.2, 0.25) is 0 Å². The third-order valence-corrected chi connectivity index (χ3v) is 2.90. The fraction of sp³-hybridized carbons (Fsp3) is 0.231. The van der Waals surface area contributed by atoms with Crippen LogP contribution in [0, 0.1) is 0 Å². The molecule has 0 spiro atoms. The summed E-state index contributed by atoms with van der Waals surface area (Å²) in [6.07, 6.45) is 2.66. The van der Waals surface area contributed by atoms with Gasteiger partial charge in [0.25, 0.3) is 0 Å². The van der Waals surface area contributed by atoms with E-state index in [4.69, 9.17) is 9.84 Å². The Hall–Kier alpha value is -1.82. The van der Waals surface area contributed by atoms with Gasteiger partial charge >= 0.3 is 11.9 Å². The van der Waals surface area contributed by atoms with E-state index in [1.165, 1.54) is 13.2 Å². The second-order valence-electron chi connectivity index (χ2n) is 3.53.